The quantitative estimate of drug-likeness (QED) is 0.823. The van der Waals surface area contributed by atoms with Gasteiger partial charge in [-0.15, -0.1) is 0 Å². The van der Waals surface area contributed by atoms with Gasteiger partial charge in [0.05, 0.1) is 6.54 Å². The van der Waals surface area contributed by atoms with Crippen LogP contribution < -0.4 is 11.1 Å². The molecule has 2 aromatic rings. The van der Waals surface area contributed by atoms with E-state index < -0.39 is 5.91 Å². The number of hydrogen-bond acceptors (Lipinski definition) is 4. The van der Waals surface area contributed by atoms with Crippen molar-refractivity contribution in [2.24, 2.45) is 5.73 Å². The fourth-order valence-electron chi connectivity index (χ4n) is 1.65. The van der Waals surface area contributed by atoms with Crippen molar-refractivity contribution in [3.63, 3.8) is 0 Å². The molecule has 0 unspecified atom stereocenters. The number of rotatable bonds is 5. The lowest BCUT2D eigenvalue weighted by atomic mass is 10.2. The zero-order valence-corrected chi connectivity index (χ0v) is 10.1. The number of primary amides is 1. The zero-order chi connectivity index (χ0) is 13.0. The number of aromatic nitrogens is 3. The van der Waals surface area contributed by atoms with Crippen LogP contribution in [0.2, 0.25) is 0 Å². The maximum Gasteiger partial charge on any atom is 0.248 e. The molecule has 3 N–H and O–H groups in total. The number of nitrogens with zero attached hydrogens (tertiary/aromatic N) is 3. The Labute approximate surface area is 105 Å². The van der Waals surface area contributed by atoms with Gasteiger partial charge in [0.1, 0.15) is 12.2 Å². The zero-order valence-electron chi connectivity index (χ0n) is 10.1. The number of nitrogens with one attached hydrogen (secondary N) is 1. The molecule has 18 heavy (non-hydrogen) atoms. The highest BCUT2D eigenvalue weighted by atomic mass is 16.1. The van der Waals surface area contributed by atoms with Crippen LogP contribution in [0.5, 0.6) is 0 Å². The number of aryl methyl sites for hydroxylation is 1. The standard InChI is InChI=1S/C12H15N5O/c1-2-17-11(15-8-16-17)7-14-10-5-3-4-9(6-10)12(13)18/h3-6,8,14H,2,7H2,1H3,(H2,13,18). The van der Waals surface area contributed by atoms with E-state index in [-0.39, 0.29) is 0 Å². The summed E-state index contributed by atoms with van der Waals surface area (Å²) in [5, 5.41) is 7.27. The Kier molecular flexibility index (Phi) is 3.57. The summed E-state index contributed by atoms with van der Waals surface area (Å²) in [6.07, 6.45) is 1.53. The number of nitrogens with two attached hydrogens (primary N) is 1. The highest BCUT2D eigenvalue weighted by Gasteiger charge is 2.04. The van der Waals surface area contributed by atoms with Crippen LogP contribution in [0.3, 0.4) is 0 Å². The molecule has 0 saturated heterocycles. The van der Waals surface area contributed by atoms with Crippen LogP contribution >= 0.6 is 0 Å². The Morgan fingerprint density at radius 2 is 2.33 bits per heavy atom. The van der Waals surface area contributed by atoms with Crippen LogP contribution in [0.4, 0.5) is 5.69 Å². The van der Waals surface area contributed by atoms with E-state index >= 15 is 0 Å². The Bertz CT molecular complexity index is 549. The van der Waals surface area contributed by atoms with Gasteiger partial charge >= 0.3 is 0 Å². The lowest BCUT2D eigenvalue weighted by molar-refractivity contribution is 0.100. The summed E-state index contributed by atoms with van der Waals surface area (Å²) in [6, 6.07) is 7.06. The van der Waals surface area contributed by atoms with E-state index in [9.17, 15) is 4.79 Å². The van der Waals surface area contributed by atoms with Crippen molar-refractivity contribution in [3.8, 4) is 0 Å². The highest BCUT2D eigenvalue weighted by Crippen LogP contribution is 2.11. The predicted octanol–water partition coefficient (Wildman–Crippen LogP) is 1.01. The molecule has 1 aromatic carbocycles. The summed E-state index contributed by atoms with van der Waals surface area (Å²) in [5.74, 6) is 0.414. The van der Waals surface area contributed by atoms with Gasteiger partial charge in [-0.05, 0) is 25.1 Å². The van der Waals surface area contributed by atoms with Crippen LogP contribution in [0.1, 0.15) is 23.1 Å². The Hall–Kier alpha value is -2.37. The first-order valence-corrected chi connectivity index (χ1v) is 5.71. The van der Waals surface area contributed by atoms with E-state index in [0.29, 0.717) is 12.1 Å². The molecule has 0 spiro atoms. The van der Waals surface area contributed by atoms with Gasteiger partial charge < -0.3 is 11.1 Å². The highest BCUT2D eigenvalue weighted by molar-refractivity contribution is 5.93. The predicted molar refractivity (Wildman–Crippen MR) is 68.0 cm³/mol. The number of hydrogen-bond donors (Lipinski definition) is 2. The lowest BCUT2D eigenvalue weighted by Gasteiger charge is -2.07. The van der Waals surface area contributed by atoms with Crippen molar-refractivity contribution in [3.05, 3.63) is 42.0 Å². The van der Waals surface area contributed by atoms with Gasteiger partial charge in [0.15, 0.2) is 0 Å². The summed E-state index contributed by atoms with van der Waals surface area (Å²) in [4.78, 5) is 15.2. The second-order valence-electron chi connectivity index (χ2n) is 3.79. The summed E-state index contributed by atoms with van der Waals surface area (Å²) < 4.78 is 1.81. The minimum Gasteiger partial charge on any atom is -0.378 e. The molecule has 94 valence electrons. The molecule has 0 bridgehead atoms. The number of carbonyl (C=O) groups excluding carboxylic acids is 1. The maximum absolute atomic E-state index is 11.1. The monoisotopic (exact) mass is 245 g/mol. The van der Waals surface area contributed by atoms with Crippen LogP contribution in [0.25, 0.3) is 0 Å². The van der Waals surface area contributed by atoms with Gasteiger partial charge in [-0.25, -0.2) is 9.67 Å². The summed E-state index contributed by atoms with van der Waals surface area (Å²) in [6.45, 7) is 3.33. The normalized spacial score (nSPS) is 10.3. The Balaban J connectivity index is 2.06. The van der Waals surface area contributed by atoms with Crippen molar-refractivity contribution >= 4 is 11.6 Å². The molecule has 6 heteroatoms. The first-order valence-electron chi connectivity index (χ1n) is 5.71. The SMILES string of the molecule is CCn1ncnc1CNc1cccc(C(N)=O)c1. The van der Waals surface area contributed by atoms with E-state index in [0.717, 1.165) is 18.1 Å². The van der Waals surface area contributed by atoms with Crippen molar-refractivity contribution < 1.29 is 4.79 Å². The maximum atomic E-state index is 11.1. The van der Waals surface area contributed by atoms with Crippen molar-refractivity contribution in [1.29, 1.82) is 0 Å². The molecular weight excluding hydrogens is 230 g/mol. The van der Waals surface area contributed by atoms with Crippen molar-refractivity contribution in [1.82, 2.24) is 14.8 Å². The topological polar surface area (TPSA) is 85.8 Å². The average Bonchev–Trinajstić information content (AvgIpc) is 2.84. The fourth-order valence-corrected chi connectivity index (χ4v) is 1.65. The molecule has 0 radical (unpaired) electrons. The number of benzene rings is 1. The molecule has 2 rings (SSSR count). The molecule has 0 aliphatic rings. The lowest BCUT2D eigenvalue weighted by Crippen LogP contribution is -2.12. The molecule has 1 heterocycles. The molecule has 0 fully saturated rings. The minimum absolute atomic E-state index is 0.435. The van der Waals surface area contributed by atoms with E-state index in [1.54, 1.807) is 18.2 Å². The first kappa shape index (κ1) is 12.1. The van der Waals surface area contributed by atoms with Crippen molar-refractivity contribution in [2.75, 3.05) is 5.32 Å². The molecule has 6 nitrogen and oxygen atoms in total. The number of amides is 1. The third-order valence-corrected chi connectivity index (χ3v) is 2.59. The third kappa shape index (κ3) is 2.65. The van der Waals surface area contributed by atoms with Crippen LogP contribution in [0.15, 0.2) is 30.6 Å². The fraction of sp³-hybridized carbons (Fsp3) is 0.250. The van der Waals surface area contributed by atoms with Gasteiger partial charge in [0.2, 0.25) is 5.91 Å². The smallest absolute Gasteiger partial charge is 0.248 e. The molecule has 0 atom stereocenters. The number of anilines is 1. The second kappa shape index (κ2) is 5.31. The van der Waals surface area contributed by atoms with E-state index in [2.05, 4.69) is 15.4 Å². The molecule has 1 amide bonds. The summed E-state index contributed by atoms with van der Waals surface area (Å²) in [5.41, 5.74) is 6.54. The van der Waals surface area contributed by atoms with Gasteiger partial charge in [-0.3, -0.25) is 4.79 Å². The Morgan fingerprint density at radius 1 is 1.50 bits per heavy atom. The molecule has 0 aliphatic heterocycles. The minimum atomic E-state index is -0.435. The summed E-state index contributed by atoms with van der Waals surface area (Å²) in [7, 11) is 0. The van der Waals surface area contributed by atoms with Crippen molar-refractivity contribution in [2.45, 2.75) is 20.0 Å². The number of carbonyl (C=O) groups is 1. The average molecular weight is 245 g/mol. The summed E-state index contributed by atoms with van der Waals surface area (Å²) >= 11 is 0. The van der Waals surface area contributed by atoms with E-state index in [1.165, 1.54) is 6.33 Å². The van der Waals surface area contributed by atoms with Gasteiger partial charge in [-0.1, -0.05) is 6.07 Å². The van der Waals surface area contributed by atoms with Crippen LogP contribution in [-0.2, 0) is 13.1 Å². The Morgan fingerprint density at radius 3 is 3.06 bits per heavy atom. The largest absolute Gasteiger partial charge is 0.378 e. The third-order valence-electron chi connectivity index (χ3n) is 2.59. The van der Waals surface area contributed by atoms with Gasteiger partial charge in [0, 0.05) is 17.8 Å². The van der Waals surface area contributed by atoms with E-state index in [1.807, 2.05) is 17.7 Å². The van der Waals surface area contributed by atoms with Crippen LogP contribution in [0, 0.1) is 0 Å². The molecule has 0 saturated carbocycles. The first-order chi connectivity index (χ1) is 8.70. The van der Waals surface area contributed by atoms with Gasteiger partial charge in [0.25, 0.3) is 0 Å². The second-order valence-corrected chi connectivity index (χ2v) is 3.79. The molecule has 0 aliphatic carbocycles. The van der Waals surface area contributed by atoms with Crippen LogP contribution in [-0.4, -0.2) is 20.7 Å². The molecule has 1 aromatic heterocycles. The van der Waals surface area contributed by atoms with Gasteiger partial charge in [-0.2, -0.15) is 5.10 Å². The van der Waals surface area contributed by atoms with E-state index in [4.69, 9.17) is 5.73 Å². The molecular formula is C12H15N5O.